The number of rotatable bonds is 5. The number of carbonyl (C=O) groups excluding carboxylic acids is 1. The summed E-state index contributed by atoms with van der Waals surface area (Å²) >= 11 is 6.29. The van der Waals surface area contributed by atoms with Gasteiger partial charge in [0.15, 0.2) is 0 Å². The Kier molecular flexibility index (Phi) is 6.23. The Bertz CT molecular complexity index is 1140. The van der Waals surface area contributed by atoms with Crippen molar-refractivity contribution in [2.24, 2.45) is 0 Å². The summed E-state index contributed by atoms with van der Waals surface area (Å²) in [4.78, 5) is 29.1. The molecule has 1 aliphatic heterocycles. The van der Waals surface area contributed by atoms with Crippen molar-refractivity contribution in [2.75, 3.05) is 38.2 Å². The maximum Gasteiger partial charge on any atom is 0.267 e. The summed E-state index contributed by atoms with van der Waals surface area (Å²) < 4.78 is 6.47. The summed E-state index contributed by atoms with van der Waals surface area (Å²) in [6, 6.07) is 18.2. The number of para-hydroxylation sites is 1. The van der Waals surface area contributed by atoms with Gasteiger partial charge in [-0.3, -0.25) is 9.59 Å². The topological polar surface area (TPSA) is 67.7 Å². The number of nitrogens with zero attached hydrogens (tertiary/aromatic N) is 4. The van der Waals surface area contributed by atoms with Gasteiger partial charge < -0.3 is 14.5 Å². The first-order valence-corrected chi connectivity index (χ1v) is 10.4. The van der Waals surface area contributed by atoms with Gasteiger partial charge in [0.05, 0.1) is 23.5 Å². The molecule has 2 heterocycles. The summed E-state index contributed by atoms with van der Waals surface area (Å²) in [5, 5.41) is 5.10. The van der Waals surface area contributed by atoms with E-state index in [1.807, 2.05) is 48.5 Å². The van der Waals surface area contributed by atoms with E-state index in [0.29, 0.717) is 42.6 Å². The van der Waals surface area contributed by atoms with Gasteiger partial charge >= 0.3 is 0 Å². The number of methoxy groups -OCH3 is 1. The minimum Gasteiger partial charge on any atom is -0.497 e. The van der Waals surface area contributed by atoms with Crippen LogP contribution in [0.25, 0.3) is 11.3 Å². The number of hydrogen-bond acceptors (Lipinski definition) is 5. The lowest BCUT2D eigenvalue weighted by molar-refractivity contribution is -0.132. The minimum atomic E-state index is -0.310. The molecule has 0 spiro atoms. The van der Waals surface area contributed by atoms with Crippen LogP contribution >= 0.6 is 11.6 Å². The molecule has 0 atom stereocenters. The second-order valence-electron chi connectivity index (χ2n) is 7.27. The molecule has 0 saturated carbocycles. The molecule has 4 rings (SSSR count). The number of ether oxygens (including phenoxy) is 1. The molecular formula is C23H23ClN4O3. The Hall–Kier alpha value is -3.32. The van der Waals surface area contributed by atoms with Gasteiger partial charge in [-0.25, -0.2) is 4.68 Å². The Morgan fingerprint density at radius 1 is 1.03 bits per heavy atom. The molecule has 0 unspecified atom stereocenters. The number of hydrogen-bond donors (Lipinski definition) is 0. The van der Waals surface area contributed by atoms with Gasteiger partial charge in [-0.1, -0.05) is 35.9 Å². The second kappa shape index (κ2) is 9.22. The molecule has 160 valence electrons. The van der Waals surface area contributed by atoms with Gasteiger partial charge in [0.25, 0.3) is 5.56 Å². The molecule has 1 saturated heterocycles. The van der Waals surface area contributed by atoms with Crippen LogP contribution in [0.2, 0.25) is 5.02 Å². The number of piperazine rings is 1. The van der Waals surface area contributed by atoms with Crippen LogP contribution in [0.3, 0.4) is 0 Å². The standard InChI is InChI=1S/C23H23ClN4O3/c1-31-18-6-4-5-17(15-18)20-9-10-22(29)28(25-20)16-23(30)27-13-11-26(12-14-27)21-8-3-2-7-19(21)24/h2-10,15H,11-14,16H2,1H3. The van der Waals surface area contributed by atoms with Crippen LogP contribution in [-0.2, 0) is 11.3 Å². The fourth-order valence-corrected chi connectivity index (χ4v) is 3.89. The smallest absolute Gasteiger partial charge is 0.267 e. The lowest BCUT2D eigenvalue weighted by Crippen LogP contribution is -2.50. The summed E-state index contributed by atoms with van der Waals surface area (Å²) in [5.41, 5.74) is 2.08. The molecule has 31 heavy (non-hydrogen) atoms. The fourth-order valence-electron chi connectivity index (χ4n) is 3.63. The van der Waals surface area contributed by atoms with Crippen molar-refractivity contribution in [1.82, 2.24) is 14.7 Å². The Morgan fingerprint density at radius 2 is 1.81 bits per heavy atom. The molecule has 0 aliphatic carbocycles. The van der Waals surface area contributed by atoms with Crippen LogP contribution in [-0.4, -0.2) is 53.9 Å². The van der Waals surface area contributed by atoms with E-state index < -0.39 is 0 Å². The Balaban J connectivity index is 1.44. The van der Waals surface area contributed by atoms with E-state index >= 15 is 0 Å². The summed E-state index contributed by atoms with van der Waals surface area (Å²) in [5.74, 6) is 0.570. The SMILES string of the molecule is COc1cccc(-c2ccc(=O)n(CC(=O)N3CCN(c4ccccc4Cl)CC3)n2)c1. The van der Waals surface area contributed by atoms with Crippen molar-refractivity contribution >= 4 is 23.2 Å². The van der Waals surface area contributed by atoms with Crippen molar-refractivity contribution in [1.29, 1.82) is 0 Å². The molecule has 1 aliphatic rings. The molecule has 3 aromatic rings. The van der Waals surface area contributed by atoms with E-state index in [9.17, 15) is 9.59 Å². The molecule has 2 aromatic carbocycles. The number of anilines is 1. The van der Waals surface area contributed by atoms with Gasteiger partial charge in [-0.2, -0.15) is 5.10 Å². The predicted octanol–water partition coefficient (Wildman–Crippen LogP) is 2.92. The van der Waals surface area contributed by atoms with Gasteiger partial charge in [0.2, 0.25) is 5.91 Å². The zero-order valence-corrected chi connectivity index (χ0v) is 18.0. The summed E-state index contributed by atoms with van der Waals surface area (Å²) in [6.07, 6.45) is 0. The Labute approximate surface area is 185 Å². The first kappa shape index (κ1) is 20.9. The highest BCUT2D eigenvalue weighted by Gasteiger charge is 2.23. The average molecular weight is 439 g/mol. The molecular weight excluding hydrogens is 416 g/mol. The molecule has 7 nitrogen and oxygen atoms in total. The first-order chi connectivity index (χ1) is 15.0. The van der Waals surface area contributed by atoms with Crippen LogP contribution in [0.15, 0.2) is 65.5 Å². The van der Waals surface area contributed by atoms with E-state index in [-0.39, 0.29) is 18.0 Å². The average Bonchev–Trinajstić information content (AvgIpc) is 2.81. The summed E-state index contributed by atoms with van der Waals surface area (Å²) in [6.45, 7) is 2.40. The van der Waals surface area contributed by atoms with Crippen LogP contribution in [0.1, 0.15) is 0 Å². The van der Waals surface area contributed by atoms with Crippen molar-refractivity contribution in [3.63, 3.8) is 0 Å². The number of carbonyl (C=O) groups is 1. The largest absolute Gasteiger partial charge is 0.497 e. The lowest BCUT2D eigenvalue weighted by Gasteiger charge is -2.36. The molecule has 1 amide bonds. The van der Waals surface area contributed by atoms with Crippen molar-refractivity contribution < 1.29 is 9.53 Å². The number of benzene rings is 2. The monoisotopic (exact) mass is 438 g/mol. The van der Waals surface area contributed by atoms with E-state index in [1.165, 1.54) is 10.7 Å². The quantitative estimate of drug-likeness (QED) is 0.612. The van der Waals surface area contributed by atoms with Gasteiger partial charge in [-0.15, -0.1) is 0 Å². The van der Waals surface area contributed by atoms with Crippen LogP contribution < -0.4 is 15.2 Å². The van der Waals surface area contributed by atoms with Crippen LogP contribution in [0.5, 0.6) is 5.75 Å². The minimum absolute atomic E-state index is 0.0945. The van der Waals surface area contributed by atoms with Crippen molar-refractivity contribution in [2.45, 2.75) is 6.54 Å². The Morgan fingerprint density at radius 3 is 2.55 bits per heavy atom. The molecule has 8 heteroatoms. The molecule has 0 radical (unpaired) electrons. The van der Waals surface area contributed by atoms with Gasteiger partial charge in [0.1, 0.15) is 12.3 Å². The summed E-state index contributed by atoms with van der Waals surface area (Å²) in [7, 11) is 1.59. The fraction of sp³-hybridized carbons (Fsp3) is 0.261. The van der Waals surface area contributed by atoms with Crippen LogP contribution in [0, 0.1) is 0 Å². The maximum absolute atomic E-state index is 12.8. The third-order valence-electron chi connectivity index (χ3n) is 5.34. The van der Waals surface area contributed by atoms with Gasteiger partial charge in [0, 0.05) is 37.8 Å². The van der Waals surface area contributed by atoms with E-state index in [1.54, 1.807) is 18.1 Å². The number of amides is 1. The molecule has 1 fully saturated rings. The van der Waals surface area contributed by atoms with E-state index in [0.717, 1.165) is 11.3 Å². The van der Waals surface area contributed by atoms with E-state index in [2.05, 4.69) is 10.00 Å². The lowest BCUT2D eigenvalue weighted by atomic mass is 10.1. The molecule has 1 aromatic heterocycles. The highest BCUT2D eigenvalue weighted by atomic mass is 35.5. The normalized spacial score (nSPS) is 13.9. The van der Waals surface area contributed by atoms with E-state index in [4.69, 9.17) is 16.3 Å². The third-order valence-corrected chi connectivity index (χ3v) is 5.66. The zero-order valence-electron chi connectivity index (χ0n) is 17.2. The maximum atomic E-state index is 12.8. The predicted molar refractivity (Wildman–Crippen MR) is 121 cm³/mol. The third kappa shape index (κ3) is 4.72. The number of halogens is 1. The second-order valence-corrected chi connectivity index (χ2v) is 7.67. The number of aromatic nitrogens is 2. The van der Waals surface area contributed by atoms with Crippen molar-refractivity contribution in [3.8, 4) is 17.0 Å². The molecule has 0 bridgehead atoms. The van der Waals surface area contributed by atoms with Crippen LogP contribution in [0.4, 0.5) is 5.69 Å². The highest BCUT2D eigenvalue weighted by Crippen LogP contribution is 2.26. The van der Waals surface area contributed by atoms with Gasteiger partial charge in [-0.05, 0) is 30.3 Å². The first-order valence-electron chi connectivity index (χ1n) is 10.0. The zero-order chi connectivity index (χ0) is 21.8. The highest BCUT2D eigenvalue weighted by molar-refractivity contribution is 6.33. The molecule has 0 N–H and O–H groups in total. The van der Waals surface area contributed by atoms with Crippen molar-refractivity contribution in [3.05, 3.63) is 76.0 Å².